The van der Waals surface area contributed by atoms with Gasteiger partial charge in [0.25, 0.3) is 0 Å². The van der Waals surface area contributed by atoms with E-state index in [2.05, 4.69) is 15.9 Å². The summed E-state index contributed by atoms with van der Waals surface area (Å²) in [6, 6.07) is 13.3. The lowest BCUT2D eigenvalue weighted by molar-refractivity contribution is 0.103. The summed E-state index contributed by atoms with van der Waals surface area (Å²) in [5, 5.41) is 0. The van der Waals surface area contributed by atoms with Crippen molar-refractivity contribution in [3.05, 3.63) is 64.1 Å². The van der Waals surface area contributed by atoms with Gasteiger partial charge < -0.3 is 4.18 Å². The van der Waals surface area contributed by atoms with Crippen LogP contribution in [-0.4, -0.2) is 20.5 Å². The van der Waals surface area contributed by atoms with Crippen molar-refractivity contribution in [1.82, 2.24) is 0 Å². The fraction of sp³-hybridized carbons (Fsp3) is 0.0714. The van der Waals surface area contributed by atoms with Gasteiger partial charge in [0.1, 0.15) is 5.75 Å². The third kappa shape index (κ3) is 3.68. The second-order valence-corrected chi connectivity index (χ2v) is 6.55. The Morgan fingerprint density at radius 3 is 2.30 bits per heavy atom. The smallest absolute Gasteiger partial charge is 0.306 e. The van der Waals surface area contributed by atoms with Crippen LogP contribution in [0.3, 0.4) is 0 Å². The molecule has 0 atom stereocenters. The van der Waals surface area contributed by atoms with Crippen LogP contribution in [-0.2, 0) is 10.1 Å². The molecule has 0 unspecified atom stereocenters. The number of carbonyl (C=O) groups excluding carboxylic acids is 1. The summed E-state index contributed by atoms with van der Waals surface area (Å²) >= 11 is 3.26. The number of rotatable bonds is 4. The molecule has 0 spiro atoms. The first-order valence-electron chi connectivity index (χ1n) is 5.65. The Morgan fingerprint density at radius 1 is 1.10 bits per heavy atom. The standard InChI is InChI=1S/C14H11BrO4S/c1-20(17,18)19-11-7-8-12(13(15)9-11)14(16)10-5-3-2-4-6-10/h2-9H,1H3. The molecule has 6 heteroatoms. The summed E-state index contributed by atoms with van der Waals surface area (Å²) in [4.78, 5) is 12.3. The number of hydrogen-bond acceptors (Lipinski definition) is 4. The Balaban J connectivity index is 2.33. The number of carbonyl (C=O) groups is 1. The highest BCUT2D eigenvalue weighted by Crippen LogP contribution is 2.26. The summed E-state index contributed by atoms with van der Waals surface area (Å²) in [6.07, 6.45) is 0.962. The Kier molecular flexibility index (Phi) is 4.25. The van der Waals surface area contributed by atoms with E-state index in [9.17, 15) is 13.2 Å². The number of ketones is 1. The molecule has 0 heterocycles. The lowest BCUT2D eigenvalue weighted by Gasteiger charge is -2.07. The molecule has 0 fully saturated rings. The van der Waals surface area contributed by atoms with E-state index in [0.717, 1.165) is 6.26 Å². The first kappa shape index (κ1) is 14.7. The lowest BCUT2D eigenvalue weighted by atomic mass is 10.0. The van der Waals surface area contributed by atoms with E-state index in [1.807, 2.05) is 6.07 Å². The van der Waals surface area contributed by atoms with Crippen molar-refractivity contribution in [3.63, 3.8) is 0 Å². The monoisotopic (exact) mass is 354 g/mol. The van der Waals surface area contributed by atoms with E-state index in [4.69, 9.17) is 4.18 Å². The van der Waals surface area contributed by atoms with Gasteiger partial charge in [-0.2, -0.15) is 8.42 Å². The first-order chi connectivity index (χ1) is 9.37. The zero-order valence-corrected chi connectivity index (χ0v) is 12.9. The molecule has 2 aromatic rings. The van der Waals surface area contributed by atoms with Crippen LogP contribution in [0.1, 0.15) is 15.9 Å². The van der Waals surface area contributed by atoms with Gasteiger partial charge in [-0.25, -0.2) is 0 Å². The molecule has 2 rings (SSSR count). The van der Waals surface area contributed by atoms with Gasteiger partial charge in [-0.15, -0.1) is 0 Å². The molecule has 104 valence electrons. The summed E-state index contributed by atoms with van der Waals surface area (Å²) in [6.45, 7) is 0. The third-order valence-electron chi connectivity index (χ3n) is 2.47. The molecule has 4 nitrogen and oxygen atoms in total. The number of hydrogen-bond donors (Lipinski definition) is 0. The van der Waals surface area contributed by atoms with Crippen LogP contribution in [0.5, 0.6) is 5.75 Å². The van der Waals surface area contributed by atoms with Crippen LogP contribution in [0.25, 0.3) is 0 Å². The van der Waals surface area contributed by atoms with Crippen molar-refractivity contribution in [2.75, 3.05) is 6.26 Å². The van der Waals surface area contributed by atoms with Gasteiger partial charge in [0.15, 0.2) is 5.78 Å². The van der Waals surface area contributed by atoms with Crippen LogP contribution in [0, 0.1) is 0 Å². The first-order valence-corrected chi connectivity index (χ1v) is 8.26. The Hall–Kier alpha value is -1.66. The minimum atomic E-state index is -3.58. The van der Waals surface area contributed by atoms with Gasteiger partial charge in [-0.05, 0) is 34.1 Å². The van der Waals surface area contributed by atoms with E-state index in [0.29, 0.717) is 15.6 Å². The van der Waals surface area contributed by atoms with Crippen molar-refractivity contribution >= 4 is 31.8 Å². The topological polar surface area (TPSA) is 60.4 Å². The second-order valence-electron chi connectivity index (χ2n) is 4.12. The highest BCUT2D eigenvalue weighted by Gasteiger charge is 2.14. The highest BCUT2D eigenvalue weighted by molar-refractivity contribution is 9.10. The molecule has 2 aromatic carbocycles. The molecule has 0 radical (unpaired) electrons. The van der Waals surface area contributed by atoms with Crippen LogP contribution in [0.2, 0.25) is 0 Å². The minimum Gasteiger partial charge on any atom is -0.383 e. The van der Waals surface area contributed by atoms with E-state index in [-0.39, 0.29) is 11.5 Å². The molecule has 0 N–H and O–H groups in total. The lowest BCUT2D eigenvalue weighted by Crippen LogP contribution is -2.07. The normalized spacial score (nSPS) is 11.1. The summed E-state index contributed by atoms with van der Waals surface area (Å²) in [5.74, 6) is 0.00682. The molecular weight excluding hydrogens is 344 g/mol. The van der Waals surface area contributed by atoms with Crippen LogP contribution in [0.4, 0.5) is 0 Å². The molecular formula is C14H11BrO4S. The fourth-order valence-electron chi connectivity index (χ4n) is 1.65. The van der Waals surface area contributed by atoms with Gasteiger partial charge in [0, 0.05) is 15.6 Å². The van der Waals surface area contributed by atoms with E-state index >= 15 is 0 Å². The van der Waals surface area contributed by atoms with E-state index < -0.39 is 10.1 Å². The summed E-state index contributed by atoms with van der Waals surface area (Å²) in [5.41, 5.74) is 1.00. The molecule has 0 aliphatic heterocycles. The molecule has 0 aliphatic rings. The van der Waals surface area contributed by atoms with Gasteiger partial charge in [0.05, 0.1) is 6.26 Å². The third-order valence-corrected chi connectivity index (χ3v) is 3.62. The molecule has 0 amide bonds. The maximum absolute atomic E-state index is 12.3. The highest BCUT2D eigenvalue weighted by atomic mass is 79.9. The average Bonchev–Trinajstić information content (AvgIpc) is 2.37. The molecule has 20 heavy (non-hydrogen) atoms. The maximum Gasteiger partial charge on any atom is 0.306 e. The van der Waals surface area contributed by atoms with Crippen molar-refractivity contribution in [1.29, 1.82) is 0 Å². The van der Waals surface area contributed by atoms with Gasteiger partial charge in [-0.3, -0.25) is 4.79 Å². The minimum absolute atomic E-state index is 0.150. The SMILES string of the molecule is CS(=O)(=O)Oc1ccc(C(=O)c2ccccc2)c(Br)c1. The fourth-order valence-corrected chi connectivity index (χ4v) is 2.64. The zero-order valence-electron chi connectivity index (χ0n) is 10.5. The van der Waals surface area contributed by atoms with Gasteiger partial charge >= 0.3 is 10.1 Å². The largest absolute Gasteiger partial charge is 0.383 e. The van der Waals surface area contributed by atoms with Crippen molar-refractivity contribution in [3.8, 4) is 5.75 Å². The maximum atomic E-state index is 12.3. The molecule has 0 aliphatic carbocycles. The van der Waals surface area contributed by atoms with Crippen LogP contribution >= 0.6 is 15.9 Å². The van der Waals surface area contributed by atoms with E-state index in [1.54, 1.807) is 24.3 Å². The van der Waals surface area contributed by atoms with Crippen LogP contribution in [0.15, 0.2) is 53.0 Å². The van der Waals surface area contributed by atoms with Gasteiger partial charge in [0.2, 0.25) is 0 Å². The predicted octanol–water partition coefficient (Wildman–Crippen LogP) is 3.02. The Bertz CT molecular complexity index is 739. The molecule has 0 aromatic heterocycles. The van der Waals surface area contributed by atoms with E-state index in [1.165, 1.54) is 18.2 Å². The number of halogens is 1. The van der Waals surface area contributed by atoms with Crippen molar-refractivity contribution in [2.45, 2.75) is 0 Å². The molecule has 0 saturated carbocycles. The quantitative estimate of drug-likeness (QED) is 0.625. The molecule has 0 bridgehead atoms. The van der Waals surface area contributed by atoms with Crippen LogP contribution < -0.4 is 4.18 Å². The summed E-state index contributed by atoms with van der Waals surface area (Å²) in [7, 11) is -3.58. The van der Waals surface area contributed by atoms with Crippen molar-refractivity contribution in [2.24, 2.45) is 0 Å². The van der Waals surface area contributed by atoms with Crippen molar-refractivity contribution < 1.29 is 17.4 Å². The Morgan fingerprint density at radius 2 is 1.75 bits per heavy atom. The average molecular weight is 355 g/mol. The van der Waals surface area contributed by atoms with Gasteiger partial charge in [-0.1, -0.05) is 30.3 Å². The predicted molar refractivity (Wildman–Crippen MR) is 79.5 cm³/mol. The number of benzene rings is 2. The Labute approximate surface area is 125 Å². The molecule has 0 saturated heterocycles. The second kappa shape index (κ2) is 5.76. The summed E-state index contributed by atoms with van der Waals surface area (Å²) < 4.78 is 27.3. The zero-order chi connectivity index (χ0) is 14.8.